The third kappa shape index (κ3) is 3.27. The van der Waals surface area contributed by atoms with Crippen molar-refractivity contribution in [3.63, 3.8) is 0 Å². The fourth-order valence-corrected chi connectivity index (χ4v) is 2.96. The Hall–Kier alpha value is -1.63. The lowest BCUT2D eigenvalue weighted by atomic mass is 9.95. The van der Waals surface area contributed by atoms with Gasteiger partial charge in [0, 0.05) is 0 Å². The van der Waals surface area contributed by atoms with E-state index in [4.69, 9.17) is 5.73 Å². The molecular formula is C13H22N4O3. The normalized spacial score (nSPS) is 24.3. The third-order valence-electron chi connectivity index (χ3n) is 4.05. The summed E-state index contributed by atoms with van der Waals surface area (Å²) in [5.41, 5.74) is 4.15. The first-order valence-electron chi connectivity index (χ1n) is 7.15. The molecule has 0 aromatic rings. The number of primary amides is 1. The fraction of sp³-hybridized carbons (Fsp3) is 0.769. The molecule has 1 aliphatic heterocycles. The Kier molecular flexibility index (Phi) is 4.59. The summed E-state index contributed by atoms with van der Waals surface area (Å²) in [6, 6.07) is -0.212. The average Bonchev–Trinajstić information content (AvgIpc) is 3.07. The van der Waals surface area contributed by atoms with Crippen molar-refractivity contribution in [1.82, 2.24) is 16.0 Å². The van der Waals surface area contributed by atoms with Gasteiger partial charge in [-0.25, -0.2) is 0 Å². The van der Waals surface area contributed by atoms with Gasteiger partial charge in [-0.3, -0.25) is 14.4 Å². The van der Waals surface area contributed by atoms with Crippen molar-refractivity contribution in [3.8, 4) is 0 Å². The summed E-state index contributed by atoms with van der Waals surface area (Å²) < 4.78 is 0. The average molecular weight is 282 g/mol. The maximum Gasteiger partial charge on any atom is 0.246 e. The Balaban J connectivity index is 1.99. The molecule has 1 saturated carbocycles. The van der Waals surface area contributed by atoms with Crippen LogP contribution < -0.4 is 21.7 Å². The van der Waals surface area contributed by atoms with E-state index in [0.717, 1.165) is 32.2 Å². The number of nitrogens with two attached hydrogens (primary N) is 1. The van der Waals surface area contributed by atoms with Gasteiger partial charge in [0.15, 0.2) is 0 Å². The van der Waals surface area contributed by atoms with Crippen molar-refractivity contribution in [1.29, 1.82) is 0 Å². The molecule has 20 heavy (non-hydrogen) atoms. The van der Waals surface area contributed by atoms with E-state index in [9.17, 15) is 14.4 Å². The van der Waals surface area contributed by atoms with Crippen LogP contribution >= 0.6 is 0 Å². The van der Waals surface area contributed by atoms with E-state index in [2.05, 4.69) is 16.0 Å². The van der Waals surface area contributed by atoms with Crippen LogP contribution in [0.4, 0.5) is 0 Å². The van der Waals surface area contributed by atoms with E-state index in [-0.39, 0.29) is 24.4 Å². The van der Waals surface area contributed by atoms with Crippen molar-refractivity contribution in [2.75, 3.05) is 13.1 Å². The second kappa shape index (κ2) is 6.21. The zero-order valence-corrected chi connectivity index (χ0v) is 11.5. The van der Waals surface area contributed by atoms with Crippen LogP contribution in [0.3, 0.4) is 0 Å². The van der Waals surface area contributed by atoms with E-state index in [1.165, 1.54) is 0 Å². The number of hydrogen-bond acceptors (Lipinski definition) is 4. The molecule has 1 atom stereocenters. The molecule has 3 amide bonds. The Morgan fingerprint density at radius 2 is 1.90 bits per heavy atom. The third-order valence-corrected chi connectivity index (χ3v) is 4.05. The molecule has 1 heterocycles. The fourth-order valence-electron chi connectivity index (χ4n) is 2.96. The smallest absolute Gasteiger partial charge is 0.246 e. The van der Waals surface area contributed by atoms with Crippen LogP contribution in [0, 0.1) is 0 Å². The molecule has 2 fully saturated rings. The SMILES string of the molecule is NC(=O)CNC(=O)C1(NC(=O)[C@@H]2CCCN2)CCCC1. The van der Waals surface area contributed by atoms with Crippen LogP contribution in [0.2, 0.25) is 0 Å². The highest BCUT2D eigenvalue weighted by Gasteiger charge is 2.43. The molecular weight excluding hydrogens is 260 g/mol. The minimum atomic E-state index is -0.878. The van der Waals surface area contributed by atoms with Gasteiger partial charge in [0.2, 0.25) is 17.7 Å². The van der Waals surface area contributed by atoms with Gasteiger partial charge < -0.3 is 21.7 Å². The quantitative estimate of drug-likeness (QED) is 0.505. The second-order valence-corrected chi connectivity index (χ2v) is 5.58. The maximum atomic E-state index is 12.3. The van der Waals surface area contributed by atoms with Crippen LogP contribution in [0.1, 0.15) is 38.5 Å². The van der Waals surface area contributed by atoms with E-state index in [0.29, 0.717) is 12.8 Å². The molecule has 0 bridgehead atoms. The highest BCUT2D eigenvalue weighted by atomic mass is 16.2. The minimum absolute atomic E-state index is 0.126. The van der Waals surface area contributed by atoms with Gasteiger partial charge in [0.25, 0.3) is 0 Å². The molecule has 1 saturated heterocycles. The molecule has 112 valence electrons. The van der Waals surface area contributed by atoms with Crippen molar-refractivity contribution in [2.45, 2.75) is 50.1 Å². The van der Waals surface area contributed by atoms with E-state index in [1.807, 2.05) is 0 Å². The predicted molar refractivity (Wildman–Crippen MR) is 72.6 cm³/mol. The molecule has 0 aromatic carbocycles. The van der Waals surface area contributed by atoms with Gasteiger partial charge in [-0.2, -0.15) is 0 Å². The summed E-state index contributed by atoms with van der Waals surface area (Å²) >= 11 is 0. The van der Waals surface area contributed by atoms with Gasteiger partial charge in [-0.1, -0.05) is 12.8 Å². The van der Waals surface area contributed by atoms with Crippen molar-refractivity contribution in [2.24, 2.45) is 5.73 Å². The van der Waals surface area contributed by atoms with Gasteiger partial charge >= 0.3 is 0 Å². The van der Waals surface area contributed by atoms with Gasteiger partial charge in [-0.05, 0) is 32.2 Å². The Bertz CT molecular complexity index is 398. The first-order chi connectivity index (χ1) is 9.53. The Labute approximate surface area is 118 Å². The molecule has 2 rings (SSSR count). The van der Waals surface area contributed by atoms with Crippen molar-refractivity contribution in [3.05, 3.63) is 0 Å². The van der Waals surface area contributed by atoms with Crippen molar-refractivity contribution < 1.29 is 14.4 Å². The standard InChI is InChI=1S/C13H22N4O3/c14-10(18)8-16-12(20)13(5-1-2-6-13)17-11(19)9-4-3-7-15-9/h9,15H,1-8H2,(H2,14,18)(H,16,20)(H,17,19)/t9-/m0/s1. The van der Waals surface area contributed by atoms with Crippen LogP contribution in [-0.4, -0.2) is 42.4 Å². The summed E-state index contributed by atoms with van der Waals surface area (Å²) in [6.07, 6.45) is 4.76. The zero-order valence-electron chi connectivity index (χ0n) is 11.5. The summed E-state index contributed by atoms with van der Waals surface area (Å²) in [5.74, 6) is -1.02. The summed E-state index contributed by atoms with van der Waals surface area (Å²) in [4.78, 5) is 35.2. The highest BCUT2D eigenvalue weighted by molar-refractivity contribution is 5.95. The van der Waals surface area contributed by atoms with Crippen LogP contribution in [0.15, 0.2) is 0 Å². The van der Waals surface area contributed by atoms with Crippen LogP contribution in [-0.2, 0) is 14.4 Å². The predicted octanol–water partition coefficient (Wildman–Crippen LogP) is -1.23. The summed E-state index contributed by atoms with van der Waals surface area (Å²) in [6.45, 7) is 0.636. The number of rotatable bonds is 5. The molecule has 0 unspecified atom stereocenters. The van der Waals surface area contributed by atoms with E-state index in [1.54, 1.807) is 0 Å². The molecule has 1 aliphatic carbocycles. The monoisotopic (exact) mass is 282 g/mol. The number of nitrogens with one attached hydrogen (secondary N) is 3. The Morgan fingerprint density at radius 3 is 2.45 bits per heavy atom. The Morgan fingerprint density at radius 1 is 1.20 bits per heavy atom. The van der Waals surface area contributed by atoms with Crippen LogP contribution in [0.25, 0.3) is 0 Å². The first kappa shape index (κ1) is 14.8. The largest absolute Gasteiger partial charge is 0.368 e. The first-order valence-corrected chi connectivity index (χ1v) is 7.15. The van der Waals surface area contributed by atoms with Gasteiger partial charge in [-0.15, -0.1) is 0 Å². The second-order valence-electron chi connectivity index (χ2n) is 5.58. The van der Waals surface area contributed by atoms with Crippen LogP contribution in [0.5, 0.6) is 0 Å². The minimum Gasteiger partial charge on any atom is -0.368 e. The topological polar surface area (TPSA) is 113 Å². The zero-order chi connectivity index (χ0) is 14.6. The molecule has 0 aromatic heterocycles. The van der Waals surface area contributed by atoms with E-state index < -0.39 is 11.4 Å². The number of carbonyl (C=O) groups excluding carboxylic acids is 3. The molecule has 0 radical (unpaired) electrons. The lowest BCUT2D eigenvalue weighted by Crippen LogP contribution is -2.60. The van der Waals surface area contributed by atoms with Gasteiger partial charge in [0.05, 0.1) is 12.6 Å². The lowest BCUT2D eigenvalue weighted by Gasteiger charge is -2.30. The number of amides is 3. The number of hydrogen-bond donors (Lipinski definition) is 4. The molecule has 5 N–H and O–H groups in total. The molecule has 0 spiro atoms. The van der Waals surface area contributed by atoms with E-state index >= 15 is 0 Å². The highest BCUT2D eigenvalue weighted by Crippen LogP contribution is 2.30. The molecule has 7 heteroatoms. The number of carbonyl (C=O) groups is 3. The molecule has 7 nitrogen and oxygen atoms in total. The van der Waals surface area contributed by atoms with Gasteiger partial charge in [0.1, 0.15) is 5.54 Å². The van der Waals surface area contributed by atoms with Crippen molar-refractivity contribution >= 4 is 17.7 Å². The maximum absolute atomic E-state index is 12.3. The summed E-state index contributed by atoms with van der Waals surface area (Å²) in [7, 11) is 0. The molecule has 2 aliphatic rings. The lowest BCUT2D eigenvalue weighted by molar-refractivity contribution is -0.135. The summed E-state index contributed by atoms with van der Waals surface area (Å²) in [5, 5.41) is 8.52.